The van der Waals surface area contributed by atoms with Crippen LogP contribution in [-0.2, 0) is 0 Å². The van der Waals surface area contributed by atoms with Gasteiger partial charge in [-0.1, -0.05) is 0 Å². The van der Waals surface area contributed by atoms with Gasteiger partial charge in [-0.25, -0.2) is 0 Å². The Kier molecular flexibility index (Phi) is 1.01. The number of hydrogen-bond acceptors (Lipinski definition) is 1. The van der Waals surface area contributed by atoms with E-state index >= 15 is 0 Å². The lowest BCUT2D eigenvalue weighted by Crippen LogP contribution is -2.17. The predicted molar refractivity (Wildman–Crippen MR) is 21.8 cm³/mol. The maximum absolute atomic E-state index is 11.4. The molecule has 2 N–H and O–H groups in total. The summed E-state index contributed by atoms with van der Waals surface area (Å²) in [7, 11) is 0. The standard InChI is InChI=1S/C4H5F3N/c5-4(6,7)2-1-3(2)8/h1-3H,8H2/t2?,3-/m1/s1. The summed E-state index contributed by atoms with van der Waals surface area (Å²) in [6.07, 6.45) is -3.03. The number of halogens is 3. The zero-order valence-electron chi connectivity index (χ0n) is 3.94. The zero-order chi connectivity index (χ0) is 6.36. The summed E-state index contributed by atoms with van der Waals surface area (Å²) in [6, 6.07) is -0.741. The largest absolute Gasteiger partial charge is 0.393 e. The minimum atomic E-state index is -4.10. The first-order valence-electron chi connectivity index (χ1n) is 2.19. The van der Waals surface area contributed by atoms with Gasteiger partial charge >= 0.3 is 6.18 Å². The van der Waals surface area contributed by atoms with E-state index in [0.29, 0.717) is 0 Å². The van der Waals surface area contributed by atoms with Crippen molar-refractivity contribution in [2.45, 2.75) is 12.2 Å². The van der Waals surface area contributed by atoms with E-state index in [4.69, 9.17) is 5.73 Å². The molecule has 0 heterocycles. The molecule has 2 atom stereocenters. The third-order valence-electron chi connectivity index (χ3n) is 1.08. The molecular weight excluding hydrogens is 119 g/mol. The Morgan fingerprint density at radius 3 is 1.75 bits per heavy atom. The normalized spacial score (nSPS) is 37.5. The Labute approximate surface area is 44.7 Å². The van der Waals surface area contributed by atoms with Crippen molar-refractivity contribution in [2.24, 2.45) is 11.7 Å². The summed E-state index contributed by atoms with van der Waals surface area (Å²) in [6.45, 7) is 0. The van der Waals surface area contributed by atoms with Crippen LogP contribution in [0.5, 0.6) is 0 Å². The molecule has 0 bridgehead atoms. The van der Waals surface area contributed by atoms with Gasteiger partial charge in [0.1, 0.15) is 0 Å². The molecule has 0 saturated heterocycles. The van der Waals surface area contributed by atoms with Gasteiger partial charge in [-0.05, 0) is 6.42 Å². The van der Waals surface area contributed by atoms with Gasteiger partial charge in [-0.15, -0.1) is 0 Å². The van der Waals surface area contributed by atoms with Gasteiger partial charge in [0.05, 0.1) is 5.92 Å². The Morgan fingerprint density at radius 1 is 1.38 bits per heavy atom. The van der Waals surface area contributed by atoms with E-state index in [0.717, 1.165) is 6.42 Å². The smallest absolute Gasteiger partial charge is 0.327 e. The monoisotopic (exact) mass is 124 g/mol. The molecule has 0 aromatic carbocycles. The van der Waals surface area contributed by atoms with E-state index in [1.165, 1.54) is 0 Å². The molecule has 0 amide bonds. The highest BCUT2D eigenvalue weighted by molar-refractivity contribution is 5.13. The highest BCUT2D eigenvalue weighted by Crippen LogP contribution is 2.41. The van der Waals surface area contributed by atoms with Gasteiger partial charge in [0.15, 0.2) is 0 Å². The maximum atomic E-state index is 11.4. The first-order valence-corrected chi connectivity index (χ1v) is 2.19. The fraction of sp³-hybridized carbons (Fsp3) is 0.750. The second-order valence-corrected chi connectivity index (χ2v) is 1.84. The second-order valence-electron chi connectivity index (χ2n) is 1.84. The zero-order valence-corrected chi connectivity index (χ0v) is 3.94. The van der Waals surface area contributed by atoms with E-state index in [9.17, 15) is 13.2 Å². The van der Waals surface area contributed by atoms with E-state index < -0.39 is 18.1 Å². The van der Waals surface area contributed by atoms with Crippen molar-refractivity contribution < 1.29 is 13.2 Å². The van der Waals surface area contributed by atoms with Crippen LogP contribution in [0.4, 0.5) is 13.2 Å². The quantitative estimate of drug-likeness (QED) is 0.505. The molecule has 1 fully saturated rings. The molecule has 8 heavy (non-hydrogen) atoms. The summed E-state index contributed by atoms with van der Waals surface area (Å²) < 4.78 is 34.1. The van der Waals surface area contributed by atoms with Crippen molar-refractivity contribution in [3.8, 4) is 0 Å². The maximum Gasteiger partial charge on any atom is 0.393 e. The number of nitrogens with two attached hydrogens (primary N) is 1. The predicted octanol–water partition coefficient (Wildman–Crippen LogP) is 0.710. The second kappa shape index (κ2) is 1.37. The van der Waals surface area contributed by atoms with E-state index in [1.807, 2.05) is 0 Å². The lowest BCUT2D eigenvalue weighted by Gasteiger charge is -2.00. The Morgan fingerprint density at radius 2 is 1.75 bits per heavy atom. The molecule has 0 aliphatic heterocycles. The summed E-state index contributed by atoms with van der Waals surface area (Å²) in [4.78, 5) is 0. The van der Waals surface area contributed by atoms with Gasteiger partial charge in [0.2, 0.25) is 0 Å². The van der Waals surface area contributed by atoms with Crippen molar-refractivity contribution >= 4 is 0 Å². The third kappa shape index (κ3) is 0.940. The molecule has 1 nitrogen and oxygen atoms in total. The fourth-order valence-electron chi connectivity index (χ4n) is 0.503. The van der Waals surface area contributed by atoms with E-state index in [-0.39, 0.29) is 0 Å². The number of rotatable bonds is 0. The molecule has 1 radical (unpaired) electrons. The van der Waals surface area contributed by atoms with Gasteiger partial charge < -0.3 is 5.73 Å². The van der Waals surface area contributed by atoms with Crippen LogP contribution in [0.3, 0.4) is 0 Å². The molecule has 1 unspecified atom stereocenters. The van der Waals surface area contributed by atoms with E-state index in [2.05, 4.69) is 0 Å². The molecule has 1 aliphatic rings. The van der Waals surface area contributed by atoms with Crippen LogP contribution in [0.25, 0.3) is 0 Å². The van der Waals surface area contributed by atoms with Crippen molar-refractivity contribution in [1.82, 2.24) is 0 Å². The van der Waals surface area contributed by atoms with Crippen LogP contribution in [0.2, 0.25) is 0 Å². The minimum Gasteiger partial charge on any atom is -0.327 e. The topological polar surface area (TPSA) is 26.0 Å². The van der Waals surface area contributed by atoms with Crippen LogP contribution in [-0.4, -0.2) is 12.2 Å². The minimum absolute atomic E-state index is 0.741. The van der Waals surface area contributed by atoms with Crippen LogP contribution < -0.4 is 5.73 Å². The molecule has 47 valence electrons. The van der Waals surface area contributed by atoms with Crippen LogP contribution in [0.15, 0.2) is 0 Å². The number of alkyl halides is 3. The van der Waals surface area contributed by atoms with Crippen LogP contribution in [0.1, 0.15) is 0 Å². The number of hydrogen-bond donors (Lipinski definition) is 1. The van der Waals surface area contributed by atoms with Crippen LogP contribution >= 0.6 is 0 Å². The van der Waals surface area contributed by atoms with Gasteiger partial charge in [-0.3, -0.25) is 0 Å². The summed E-state index contributed by atoms with van der Waals surface area (Å²) in [5, 5.41) is 0. The molecule has 0 spiro atoms. The average molecular weight is 124 g/mol. The third-order valence-corrected chi connectivity index (χ3v) is 1.08. The average Bonchev–Trinajstić information content (AvgIpc) is 2.13. The van der Waals surface area contributed by atoms with Crippen molar-refractivity contribution in [3.63, 3.8) is 0 Å². The Balaban J connectivity index is 2.39. The van der Waals surface area contributed by atoms with Crippen molar-refractivity contribution in [2.75, 3.05) is 0 Å². The first-order chi connectivity index (χ1) is 3.52. The molecular formula is C4H5F3N. The van der Waals surface area contributed by atoms with Crippen molar-refractivity contribution in [1.29, 1.82) is 0 Å². The highest BCUT2D eigenvalue weighted by Gasteiger charge is 2.54. The highest BCUT2D eigenvalue weighted by atomic mass is 19.4. The molecule has 4 heteroatoms. The van der Waals surface area contributed by atoms with Gasteiger partial charge in [0, 0.05) is 6.04 Å². The summed E-state index contributed by atoms with van der Waals surface area (Å²) in [5.74, 6) is -1.33. The first kappa shape index (κ1) is 5.88. The Hall–Kier alpha value is -0.250. The molecule has 1 aliphatic carbocycles. The van der Waals surface area contributed by atoms with E-state index in [1.54, 1.807) is 0 Å². The lowest BCUT2D eigenvalue weighted by molar-refractivity contribution is -0.145. The molecule has 0 aromatic rings. The molecule has 0 aromatic heterocycles. The SMILES string of the molecule is N[C@@H]1[CH]C1C(F)(F)F. The van der Waals surface area contributed by atoms with Crippen LogP contribution in [0, 0.1) is 12.3 Å². The summed E-state index contributed by atoms with van der Waals surface area (Å²) in [5.41, 5.74) is 4.88. The van der Waals surface area contributed by atoms with Gasteiger partial charge in [0.25, 0.3) is 0 Å². The fourth-order valence-corrected chi connectivity index (χ4v) is 0.503. The molecule has 1 saturated carbocycles. The summed E-state index contributed by atoms with van der Waals surface area (Å²) >= 11 is 0. The molecule has 1 rings (SSSR count). The van der Waals surface area contributed by atoms with Gasteiger partial charge in [-0.2, -0.15) is 13.2 Å². The lowest BCUT2D eigenvalue weighted by atomic mass is 10.4. The Bertz CT molecular complexity index is 97.9. The van der Waals surface area contributed by atoms with Crippen molar-refractivity contribution in [3.05, 3.63) is 6.42 Å².